The molecule has 0 radical (unpaired) electrons. The first kappa shape index (κ1) is 119. The lowest BCUT2D eigenvalue weighted by molar-refractivity contribution is -0.143. The summed E-state index contributed by atoms with van der Waals surface area (Å²) in [6, 6.07) is -22.8. The number of aliphatic hydroxyl groups excluding tert-OH is 2. The van der Waals surface area contributed by atoms with Gasteiger partial charge in [0, 0.05) is 12.3 Å². The quantitative estimate of drug-likeness (QED) is 0.0121. The zero-order chi connectivity index (χ0) is 99.3. The normalized spacial score (nSPS) is 16.3. The van der Waals surface area contributed by atoms with E-state index in [1.165, 1.54) is 20.8 Å². The Bertz CT molecular complexity index is 3700. The maximum absolute atomic E-state index is 14.6. The number of aliphatic carboxylic acids is 1. The molecule has 21 atom stereocenters. The molecule has 0 aliphatic rings. The number of carboxylic acid groups (broad SMARTS) is 1. The fourth-order valence-corrected chi connectivity index (χ4v) is 13.3. The Morgan fingerprint density at radius 1 is 0.341 bits per heavy atom. The van der Waals surface area contributed by atoms with Gasteiger partial charge in [0.1, 0.15) is 96.7 Å². The minimum Gasteiger partial charge on any atom is -0.480 e. The first-order valence-corrected chi connectivity index (χ1v) is 45.5. The number of carboxylic acids is 1. The van der Waals surface area contributed by atoms with Crippen molar-refractivity contribution in [2.75, 3.05) is 32.0 Å². The van der Waals surface area contributed by atoms with E-state index in [1.807, 2.05) is 33.0 Å². The molecule has 0 saturated carbocycles. The first-order chi connectivity index (χ1) is 60.1. The number of rotatable bonds is 62. The van der Waals surface area contributed by atoms with Crippen molar-refractivity contribution in [3.8, 4) is 0 Å². The first-order valence-electron chi connectivity index (χ1n) is 44.8. The van der Waals surface area contributed by atoms with Crippen molar-refractivity contribution in [1.29, 1.82) is 0 Å². The van der Waals surface area contributed by atoms with Crippen molar-refractivity contribution in [2.24, 2.45) is 81.2 Å². The van der Waals surface area contributed by atoms with Crippen molar-refractivity contribution in [1.82, 2.24) is 90.4 Å². The van der Waals surface area contributed by atoms with Gasteiger partial charge >= 0.3 is 5.97 Å². The third-order valence-corrected chi connectivity index (χ3v) is 21.9. The number of thiol groups is 1. The summed E-state index contributed by atoms with van der Waals surface area (Å²) in [4.78, 5) is 252. The second kappa shape index (κ2) is 60.7. The molecular weight excluding hydrogens is 1700 g/mol. The topological polar surface area (TPSA) is 689 Å². The highest BCUT2D eigenvalue weighted by molar-refractivity contribution is 7.80. The highest BCUT2D eigenvalue weighted by atomic mass is 32.1. The minimum absolute atomic E-state index is 0.00450. The van der Waals surface area contributed by atoms with Gasteiger partial charge in [0.25, 0.3) is 0 Å². The molecule has 0 aromatic rings. The summed E-state index contributed by atoms with van der Waals surface area (Å²) < 4.78 is 0. The Kier molecular flexibility index (Phi) is 56.0. The number of carbonyl (C=O) groups is 18. The summed E-state index contributed by atoms with van der Waals surface area (Å²) in [6.07, 6.45) is 1.19. The van der Waals surface area contributed by atoms with Crippen molar-refractivity contribution in [2.45, 2.75) is 338 Å². The summed E-state index contributed by atoms with van der Waals surface area (Å²) in [5, 5.41) is 72.8. The van der Waals surface area contributed by atoms with Crippen LogP contribution < -0.4 is 113 Å². The van der Waals surface area contributed by atoms with Gasteiger partial charge in [-0.3, -0.25) is 86.5 Å². The molecule has 43 nitrogen and oxygen atoms in total. The zero-order valence-electron chi connectivity index (χ0n) is 79.5. The SMILES string of the molecule is CC[C@H](C)[C@H](NC(=O)[C@H](CCCN=C(N)N)NC(=O)[C@H](CCCCN)NC(=O)[C@@H](N)CC(C)C)C(=O)N[C@@H](CC(C)C)C(=O)N[C@H](C(=O)N[C@H](C(=O)N[C@H](C(=O)NCC(=O)N[C@@H](CC(C)C)C(=O)N[C@@H](C)C(=O)N[C@H](C(=O)N[C@@H](CC(C)C)C(=O)N[C@@H](C)C(=O)N[C@H](C(=O)N[C@@H](C)C(=O)N[C@@H](CS)C(=O)N[C@@H](CO)C(=O)O)[C@@H](C)O)C(C)C)[C@@H](C)CC)[C@@H](C)CC)C(C)C. The van der Waals surface area contributed by atoms with Crippen LogP contribution in [-0.2, 0) is 86.3 Å². The molecule has 0 aromatic heterocycles. The Morgan fingerprint density at radius 3 is 1.04 bits per heavy atom. The van der Waals surface area contributed by atoms with Gasteiger partial charge in [0.2, 0.25) is 100 Å². The van der Waals surface area contributed by atoms with E-state index >= 15 is 0 Å². The number of nitrogens with one attached hydrogen (secondary N) is 17. The van der Waals surface area contributed by atoms with Crippen molar-refractivity contribution in [3.05, 3.63) is 0 Å². The smallest absolute Gasteiger partial charge is 0.328 e. The fraction of sp³-hybridized carbons (Fsp3) is 0.776. The van der Waals surface area contributed by atoms with Crippen LogP contribution in [0.1, 0.15) is 229 Å². The molecule has 0 aliphatic heterocycles. The van der Waals surface area contributed by atoms with Gasteiger partial charge < -0.3 is 129 Å². The standard InChI is InChI=1S/C85H156N22O21S/c1-23-46(16)64(105-82(125)66(48(18)25-3)106-80(123)63(45(14)15)103-76(119)58(36-43(10)11)99-81(124)65(47(17)24-2)104-73(116)55(30-28-32-90-85(88)89)97-72(115)54(29-26-27-31-86)96-71(114)53(87)33-40(4)5)78(121)91-37-61(110)95-56(34-41(6)7)74(117)92-50(20)69(112)102-62(44(12)13)79(122)98-57(35-42(8)9)75(118)93-51(21)70(113)107-67(52(22)109)83(126)94-49(19)68(111)101-60(39-129)77(120)100-59(38-108)84(127)128/h40-60,62-67,108-109,129H,23-39,86-87H2,1-22H3,(H,91,121)(H,92,117)(H,93,118)(H,94,126)(H,95,110)(H,96,114)(H,97,115)(H,98,122)(H,99,124)(H,100,120)(H,101,111)(H,102,112)(H,103,119)(H,104,116)(H,105,125)(H,106,123)(H,107,113)(H,127,128)(H4,88,89,90)/t46-,47-,48-,49-,50-,51-,52+,53-,54-,55-,56-,57-,58-,59-,60-,62-,63-,64-,65-,66-,67-/m0/s1. The van der Waals surface area contributed by atoms with Crippen LogP contribution in [0.3, 0.4) is 0 Å². The van der Waals surface area contributed by atoms with Crippen LogP contribution in [-0.4, -0.2) is 268 Å². The van der Waals surface area contributed by atoms with Gasteiger partial charge in [-0.15, -0.1) is 0 Å². The molecule has 17 amide bonds. The van der Waals surface area contributed by atoms with E-state index in [2.05, 4.69) is 103 Å². The highest BCUT2D eigenvalue weighted by Gasteiger charge is 2.41. The largest absolute Gasteiger partial charge is 0.480 e. The number of aliphatic hydroxyl groups is 2. The molecule has 0 unspecified atom stereocenters. The third-order valence-electron chi connectivity index (χ3n) is 21.5. The lowest BCUT2D eigenvalue weighted by Crippen LogP contribution is -2.62. The number of aliphatic imine (C=N–C) groups is 1. The van der Waals surface area contributed by atoms with E-state index in [-0.39, 0.29) is 80.5 Å². The van der Waals surface area contributed by atoms with Crippen LogP contribution in [0.2, 0.25) is 0 Å². The van der Waals surface area contributed by atoms with Gasteiger partial charge in [0.05, 0.1) is 25.3 Å². The predicted molar refractivity (Wildman–Crippen MR) is 488 cm³/mol. The Morgan fingerprint density at radius 2 is 0.643 bits per heavy atom. The maximum atomic E-state index is 14.6. The molecule has 28 N–H and O–H groups in total. The van der Waals surface area contributed by atoms with Gasteiger partial charge in [0.15, 0.2) is 5.96 Å². The van der Waals surface area contributed by atoms with Crippen molar-refractivity contribution >= 4 is 125 Å². The monoisotopic (exact) mass is 1850 g/mol. The summed E-state index contributed by atoms with van der Waals surface area (Å²) in [5.41, 5.74) is 23.1. The van der Waals surface area contributed by atoms with Crippen LogP contribution in [0.15, 0.2) is 4.99 Å². The number of nitrogens with zero attached hydrogens (tertiary/aromatic N) is 1. The van der Waals surface area contributed by atoms with E-state index in [0.29, 0.717) is 45.1 Å². The molecule has 0 saturated heterocycles. The predicted octanol–water partition coefficient (Wildman–Crippen LogP) is -3.55. The summed E-state index contributed by atoms with van der Waals surface area (Å²) in [5.74, 6) is -19.9. The molecule has 0 fully saturated rings. The number of amides is 17. The number of carbonyl (C=O) groups excluding carboxylic acids is 17. The number of unbranched alkanes of at least 4 members (excludes halogenated alkanes) is 1. The molecule has 0 heterocycles. The Hall–Kier alpha value is -10.1. The summed E-state index contributed by atoms with van der Waals surface area (Å²) >= 11 is 4.01. The average molecular weight is 1850 g/mol. The van der Waals surface area contributed by atoms with E-state index < -0.39 is 258 Å². The van der Waals surface area contributed by atoms with E-state index in [1.54, 1.807) is 96.9 Å². The third kappa shape index (κ3) is 44.4. The molecule has 738 valence electrons. The number of hydrogen-bond donors (Lipinski definition) is 25. The molecule has 0 aliphatic carbocycles. The van der Waals surface area contributed by atoms with Crippen LogP contribution in [0.4, 0.5) is 0 Å². The van der Waals surface area contributed by atoms with Crippen LogP contribution in [0, 0.1) is 53.3 Å². The van der Waals surface area contributed by atoms with E-state index in [9.17, 15) is 102 Å². The van der Waals surface area contributed by atoms with Gasteiger partial charge in [-0.2, -0.15) is 12.6 Å². The van der Waals surface area contributed by atoms with E-state index in [4.69, 9.17) is 22.9 Å². The number of nitrogens with two attached hydrogens (primary N) is 4. The second-order valence-corrected chi connectivity index (χ2v) is 36.1. The van der Waals surface area contributed by atoms with Gasteiger partial charge in [-0.1, -0.05) is 144 Å². The highest BCUT2D eigenvalue weighted by Crippen LogP contribution is 2.19. The van der Waals surface area contributed by atoms with Crippen LogP contribution in [0.5, 0.6) is 0 Å². The minimum atomic E-state index is -1.73. The number of guanidine groups is 1. The van der Waals surface area contributed by atoms with E-state index in [0.717, 1.165) is 6.92 Å². The average Bonchev–Trinajstić information content (AvgIpc) is 0.851. The lowest BCUT2D eigenvalue weighted by Gasteiger charge is -2.32. The maximum Gasteiger partial charge on any atom is 0.328 e. The molecule has 0 aromatic carbocycles. The van der Waals surface area contributed by atoms with Crippen molar-refractivity contribution in [3.63, 3.8) is 0 Å². The molecule has 0 spiro atoms. The van der Waals surface area contributed by atoms with Crippen LogP contribution in [0.25, 0.3) is 0 Å². The Labute approximate surface area is 764 Å². The molecule has 44 heteroatoms. The van der Waals surface area contributed by atoms with Gasteiger partial charge in [-0.05, 0) is 145 Å². The molecule has 129 heavy (non-hydrogen) atoms. The number of hydrogen-bond acceptors (Lipinski definition) is 24. The zero-order valence-corrected chi connectivity index (χ0v) is 80.4. The van der Waals surface area contributed by atoms with Gasteiger partial charge in [-0.25, -0.2) is 4.79 Å². The van der Waals surface area contributed by atoms with Crippen molar-refractivity contribution < 1.29 is 102 Å². The summed E-state index contributed by atoms with van der Waals surface area (Å²) in [6.45, 7) is 35.0. The molecule has 0 bridgehead atoms. The lowest BCUT2D eigenvalue weighted by atomic mass is 9.94. The Balaban J connectivity index is 6.63. The molecule has 0 rings (SSSR count). The summed E-state index contributed by atoms with van der Waals surface area (Å²) in [7, 11) is 0. The van der Waals surface area contributed by atoms with Crippen LogP contribution >= 0.6 is 12.6 Å². The fourth-order valence-electron chi connectivity index (χ4n) is 13.1. The molecular formula is C85H156N22O21S. The second-order valence-electron chi connectivity index (χ2n) is 35.8.